The molecule has 1 saturated heterocycles. The predicted octanol–water partition coefficient (Wildman–Crippen LogP) is 1.66. The number of benzene rings is 1. The summed E-state index contributed by atoms with van der Waals surface area (Å²) in [6.45, 7) is 5.74. The molecule has 3 rings (SSSR count). The Morgan fingerprint density at radius 2 is 2.30 bits per heavy atom. The smallest absolute Gasteiger partial charge is 0.182 e. The summed E-state index contributed by atoms with van der Waals surface area (Å²) >= 11 is 0. The Hall–Kier alpha value is -1.95. The maximum Gasteiger partial charge on any atom is 0.182 e. The zero-order chi connectivity index (χ0) is 14.1. The number of nitrogens with two attached hydrogens (primary N) is 1. The molecule has 2 heterocycles. The number of aromatic nitrogens is 4. The standard InChI is InChI=1S/C14H19N5O/c1-9-7-12(15)3-4-13(9)14-16-17-18-19(14)8-11-5-6-20-10(11)2/h3-4,7,10-11H,5-6,8,15H2,1-2H3. The van der Waals surface area contributed by atoms with E-state index >= 15 is 0 Å². The maximum absolute atomic E-state index is 5.79. The first-order valence-electron chi connectivity index (χ1n) is 6.89. The topological polar surface area (TPSA) is 78.9 Å². The molecule has 0 radical (unpaired) electrons. The van der Waals surface area contributed by atoms with E-state index in [2.05, 4.69) is 22.4 Å². The van der Waals surface area contributed by atoms with Crippen LogP contribution in [0, 0.1) is 12.8 Å². The number of nitrogen functional groups attached to an aromatic ring is 1. The van der Waals surface area contributed by atoms with E-state index in [-0.39, 0.29) is 6.10 Å². The van der Waals surface area contributed by atoms with Crippen LogP contribution < -0.4 is 5.73 Å². The summed E-state index contributed by atoms with van der Waals surface area (Å²) < 4.78 is 7.47. The molecule has 2 N–H and O–H groups in total. The normalized spacial score (nSPS) is 22.3. The predicted molar refractivity (Wildman–Crippen MR) is 75.9 cm³/mol. The van der Waals surface area contributed by atoms with Gasteiger partial charge in [0.05, 0.1) is 12.6 Å². The molecule has 0 amide bonds. The Labute approximate surface area is 117 Å². The second-order valence-electron chi connectivity index (χ2n) is 5.38. The Morgan fingerprint density at radius 3 is 3.00 bits per heavy atom. The van der Waals surface area contributed by atoms with Crippen molar-refractivity contribution in [2.45, 2.75) is 32.9 Å². The van der Waals surface area contributed by atoms with Gasteiger partial charge in [0.1, 0.15) is 0 Å². The second-order valence-corrected chi connectivity index (χ2v) is 5.38. The first-order chi connectivity index (χ1) is 9.65. The Morgan fingerprint density at radius 1 is 1.45 bits per heavy atom. The average Bonchev–Trinajstić information content (AvgIpc) is 3.01. The lowest BCUT2D eigenvalue weighted by atomic mass is 10.0. The average molecular weight is 273 g/mol. The minimum absolute atomic E-state index is 0.263. The Bertz CT molecular complexity index is 609. The van der Waals surface area contributed by atoms with E-state index in [0.717, 1.165) is 42.2 Å². The largest absolute Gasteiger partial charge is 0.399 e. The molecule has 1 aliphatic rings. The molecule has 2 atom stereocenters. The van der Waals surface area contributed by atoms with Gasteiger partial charge in [-0.2, -0.15) is 0 Å². The van der Waals surface area contributed by atoms with Crippen molar-refractivity contribution in [2.75, 3.05) is 12.3 Å². The highest BCUT2D eigenvalue weighted by Crippen LogP contribution is 2.26. The third kappa shape index (κ3) is 2.38. The van der Waals surface area contributed by atoms with E-state index in [1.165, 1.54) is 0 Å². The molecule has 1 aromatic carbocycles. The van der Waals surface area contributed by atoms with Crippen molar-refractivity contribution >= 4 is 5.69 Å². The SMILES string of the molecule is Cc1cc(N)ccc1-c1nnnn1CC1CCOC1C. The molecule has 2 unspecified atom stereocenters. The van der Waals surface area contributed by atoms with E-state index in [4.69, 9.17) is 10.5 Å². The van der Waals surface area contributed by atoms with Crippen molar-refractivity contribution in [2.24, 2.45) is 5.92 Å². The van der Waals surface area contributed by atoms with Crippen molar-refractivity contribution in [1.82, 2.24) is 20.2 Å². The highest BCUT2D eigenvalue weighted by atomic mass is 16.5. The summed E-state index contributed by atoms with van der Waals surface area (Å²) in [4.78, 5) is 0. The van der Waals surface area contributed by atoms with Crippen LogP contribution in [0.4, 0.5) is 5.69 Å². The van der Waals surface area contributed by atoms with E-state index < -0.39 is 0 Å². The third-order valence-corrected chi connectivity index (χ3v) is 3.96. The fraction of sp³-hybridized carbons (Fsp3) is 0.500. The van der Waals surface area contributed by atoms with Crippen LogP contribution in [-0.2, 0) is 11.3 Å². The second kappa shape index (κ2) is 5.20. The van der Waals surface area contributed by atoms with Crippen molar-refractivity contribution in [1.29, 1.82) is 0 Å². The van der Waals surface area contributed by atoms with Gasteiger partial charge < -0.3 is 10.5 Å². The minimum atomic E-state index is 0.263. The molecule has 0 spiro atoms. The van der Waals surface area contributed by atoms with Crippen molar-refractivity contribution in [3.8, 4) is 11.4 Å². The summed E-state index contributed by atoms with van der Waals surface area (Å²) in [7, 11) is 0. The fourth-order valence-electron chi connectivity index (χ4n) is 2.70. The lowest BCUT2D eigenvalue weighted by Crippen LogP contribution is -2.19. The number of ether oxygens (including phenoxy) is 1. The molecule has 2 aromatic rings. The molecule has 1 aromatic heterocycles. The highest BCUT2D eigenvalue weighted by molar-refractivity contribution is 5.63. The lowest BCUT2D eigenvalue weighted by molar-refractivity contribution is 0.101. The quantitative estimate of drug-likeness (QED) is 0.860. The molecule has 0 aliphatic carbocycles. The number of nitrogens with zero attached hydrogens (tertiary/aromatic N) is 4. The van der Waals surface area contributed by atoms with Crippen molar-refractivity contribution < 1.29 is 4.74 Å². The molecular weight excluding hydrogens is 254 g/mol. The van der Waals surface area contributed by atoms with Crippen LogP contribution in [0.5, 0.6) is 0 Å². The van der Waals surface area contributed by atoms with Gasteiger partial charge in [0, 0.05) is 23.8 Å². The molecule has 1 aliphatic heterocycles. The summed E-state index contributed by atoms with van der Waals surface area (Å²) in [6, 6.07) is 5.79. The summed E-state index contributed by atoms with van der Waals surface area (Å²) in [5.74, 6) is 1.26. The summed E-state index contributed by atoms with van der Waals surface area (Å²) in [5.41, 5.74) is 8.65. The molecule has 20 heavy (non-hydrogen) atoms. The van der Waals surface area contributed by atoms with Gasteiger partial charge >= 0.3 is 0 Å². The van der Waals surface area contributed by atoms with Gasteiger partial charge in [-0.3, -0.25) is 0 Å². The van der Waals surface area contributed by atoms with Crippen LogP contribution in [0.3, 0.4) is 0 Å². The molecule has 6 heteroatoms. The van der Waals surface area contributed by atoms with Gasteiger partial charge in [-0.1, -0.05) is 0 Å². The van der Waals surface area contributed by atoms with E-state index in [0.29, 0.717) is 5.92 Å². The van der Waals surface area contributed by atoms with Crippen LogP contribution in [0.2, 0.25) is 0 Å². The molecule has 1 fully saturated rings. The molecule has 0 saturated carbocycles. The summed E-state index contributed by atoms with van der Waals surface area (Å²) in [6.07, 6.45) is 1.32. The molecule has 0 bridgehead atoms. The van der Waals surface area contributed by atoms with E-state index in [9.17, 15) is 0 Å². The van der Waals surface area contributed by atoms with E-state index in [1.54, 1.807) is 0 Å². The number of hydrogen-bond acceptors (Lipinski definition) is 5. The van der Waals surface area contributed by atoms with E-state index in [1.807, 2.05) is 29.8 Å². The monoisotopic (exact) mass is 273 g/mol. The number of rotatable bonds is 3. The molecule has 106 valence electrons. The van der Waals surface area contributed by atoms with Crippen molar-refractivity contribution in [3.05, 3.63) is 23.8 Å². The van der Waals surface area contributed by atoms with Crippen LogP contribution in [0.1, 0.15) is 18.9 Å². The summed E-state index contributed by atoms with van der Waals surface area (Å²) in [5, 5.41) is 12.1. The van der Waals surface area contributed by atoms with Gasteiger partial charge in [-0.05, 0) is 54.5 Å². The minimum Gasteiger partial charge on any atom is -0.399 e. The van der Waals surface area contributed by atoms with Gasteiger partial charge in [0.2, 0.25) is 0 Å². The zero-order valence-corrected chi connectivity index (χ0v) is 11.8. The number of hydrogen-bond donors (Lipinski definition) is 1. The van der Waals surface area contributed by atoms with Crippen LogP contribution in [-0.4, -0.2) is 32.9 Å². The Kier molecular flexibility index (Phi) is 3.40. The third-order valence-electron chi connectivity index (χ3n) is 3.96. The van der Waals surface area contributed by atoms with Gasteiger partial charge in [-0.15, -0.1) is 5.10 Å². The van der Waals surface area contributed by atoms with Gasteiger partial charge in [0.25, 0.3) is 0 Å². The first kappa shape index (κ1) is 13.1. The van der Waals surface area contributed by atoms with Crippen LogP contribution >= 0.6 is 0 Å². The lowest BCUT2D eigenvalue weighted by Gasteiger charge is -2.15. The Balaban J connectivity index is 1.89. The van der Waals surface area contributed by atoms with Gasteiger partial charge in [0.15, 0.2) is 5.82 Å². The highest BCUT2D eigenvalue weighted by Gasteiger charge is 2.26. The molecule has 6 nitrogen and oxygen atoms in total. The molecular formula is C14H19N5O. The number of anilines is 1. The van der Waals surface area contributed by atoms with Crippen LogP contribution in [0.25, 0.3) is 11.4 Å². The van der Waals surface area contributed by atoms with Crippen LogP contribution in [0.15, 0.2) is 18.2 Å². The number of aryl methyl sites for hydroxylation is 1. The van der Waals surface area contributed by atoms with Crippen molar-refractivity contribution in [3.63, 3.8) is 0 Å². The maximum atomic E-state index is 5.79. The fourth-order valence-corrected chi connectivity index (χ4v) is 2.70. The number of tetrazole rings is 1. The van der Waals surface area contributed by atoms with Gasteiger partial charge in [-0.25, -0.2) is 4.68 Å². The zero-order valence-electron chi connectivity index (χ0n) is 11.8. The first-order valence-corrected chi connectivity index (χ1v) is 6.89.